The minimum atomic E-state index is -2.65. The number of carbonyl (C=O) groups excluding carboxylic acids is 9. The standard InChI is InChI=1S/C34H42N4O7.C27H33N3O8.C26H30N2O7/c1-36(2)28-22-18-20-17-21-19(10-12-24(37-13-5-3-6-14-37)38-15-7-4-8-16-38)9-11-23(39)26(21)29(40)25(20)31(42)34(22,45)32(43)27(30(28)41)33(35)44;1-30(2)21-16-12-14-11-15-13(5-4-8-29-9-10-38-3)6-7-17(31)19(15)22(32)18(14)24(34)27(16,37)25(35)20(23(21)33)26(28)36;1-12(29)18-23(32)21(28(3)4)16-11-14-10-15-13(6-5-9-27-2)7-8-17(30)20(15)22(31)19(14)25(34)26(16,35)24(18)33/h9-12,20,22,28,45H,3-8,13-18H2,1-2H3,(H4,35,40,41,42,43,44);4-7,14,16,21,29,31-32,35,37H,8-12H2,1-3H3,(H2,28,36);5-8,14,16,21,27,30-31,33,35H,9-11H2,1-4H3/p+1/b;5-4+;6-5+/t20-,22-,28-,34-;14-,16-,21-,27-;14-,16-,21-,26+/m000/s1. The molecule has 2 aliphatic heterocycles. The molecule has 12 atom stereocenters. The second-order valence-electron chi connectivity index (χ2n) is 33.0. The van der Waals surface area contributed by atoms with Gasteiger partial charge in [0.1, 0.15) is 68.5 Å². The number of nitrogens with one attached hydrogen (secondary N) is 2. The van der Waals surface area contributed by atoms with E-state index in [9.17, 15) is 104 Å². The lowest BCUT2D eigenvalue weighted by Crippen LogP contribution is -2.65. The number of amidine groups is 1. The average molecular weight is 1630 g/mol. The number of hydrogen-bond acceptors (Lipinski definition) is 27. The van der Waals surface area contributed by atoms with Crippen LogP contribution in [0.5, 0.6) is 17.2 Å². The molecule has 11 aliphatic rings. The van der Waals surface area contributed by atoms with Crippen molar-refractivity contribution in [2.75, 3.05) is 109 Å². The van der Waals surface area contributed by atoms with Crippen molar-refractivity contribution in [1.82, 2.24) is 30.2 Å². The number of ketones is 7. The monoisotopic (exact) mass is 1630 g/mol. The van der Waals surface area contributed by atoms with Crippen LogP contribution >= 0.6 is 0 Å². The number of phenolic OH excluding ortho intramolecular Hbond substituents is 3. The largest absolute Gasteiger partial charge is 0.508 e. The Kier molecular flexibility index (Phi) is 24.9. The number of nitrogens with two attached hydrogens (primary N) is 2. The number of Topliss-reactive ketones (excluding diaryl/α,β-unsaturated/α-hetero) is 7. The van der Waals surface area contributed by atoms with E-state index in [1.165, 1.54) is 51.6 Å². The van der Waals surface area contributed by atoms with E-state index >= 15 is 0 Å². The summed E-state index contributed by atoms with van der Waals surface area (Å²) in [6, 6.07) is 6.28. The predicted octanol–water partition coefficient (Wildman–Crippen LogP) is 3.57. The topological polar surface area (TPSA) is 498 Å². The second kappa shape index (κ2) is 33.9. The van der Waals surface area contributed by atoms with Crippen molar-refractivity contribution in [3.8, 4) is 17.2 Å². The van der Waals surface area contributed by atoms with Gasteiger partial charge in [0.2, 0.25) is 17.3 Å². The summed E-state index contributed by atoms with van der Waals surface area (Å²) < 4.78 is 7.45. The fourth-order valence-corrected chi connectivity index (χ4v) is 20.0. The van der Waals surface area contributed by atoms with Gasteiger partial charge in [0, 0.05) is 67.3 Å². The Labute approximate surface area is 681 Å². The Balaban J connectivity index is 0.000000164. The van der Waals surface area contributed by atoms with Gasteiger partial charge in [0.25, 0.3) is 17.6 Å². The Morgan fingerprint density at radius 3 is 1.21 bits per heavy atom. The van der Waals surface area contributed by atoms with Gasteiger partial charge in [-0.3, -0.25) is 67.3 Å². The zero-order valence-electron chi connectivity index (χ0n) is 67.6. The minimum Gasteiger partial charge on any atom is -0.508 e. The first-order chi connectivity index (χ1) is 55.9. The molecular weight excluding hydrogens is 1520 g/mol. The number of nitrogens with zero attached hydrogens (tertiary/aromatic N) is 5. The van der Waals surface area contributed by atoms with Gasteiger partial charge >= 0.3 is 0 Å². The highest BCUT2D eigenvalue weighted by Gasteiger charge is 2.68. The molecule has 0 spiro atoms. The molecule has 18 N–H and O–H groups in total. The molecule has 3 aromatic rings. The number of carbonyl (C=O) groups is 9. The van der Waals surface area contributed by atoms with Gasteiger partial charge in [-0.1, -0.05) is 42.5 Å². The molecular formula is C87H106N9O22+. The fraction of sp³-hybridized carbons (Fsp3) is 0.471. The molecule has 0 radical (unpaired) electrons. The van der Waals surface area contributed by atoms with Crippen molar-refractivity contribution in [1.29, 1.82) is 0 Å². The number of likely N-dealkylation sites (tertiary alicyclic amines) is 1. The van der Waals surface area contributed by atoms with Crippen LogP contribution in [0.3, 0.4) is 0 Å². The molecule has 9 aliphatic carbocycles. The van der Waals surface area contributed by atoms with E-state index in [4.69, 9.17) is 16.2 Å². The summed E-state index contributed by atoms with van der Waals surface area (Å²) in [5.41, 5.74) is 4.68. The lowest BCUT2D eigenvalue weighted by atomic mass is 9.57. The van der Waals surface area contributed by atoms with Crippen LogP contribution in [0.2, 0.25) is 0 Å². The van der Waals surface area contributed by atoms with Crippen molar-refractivity contribution in [3.63, 3.8) is 0 Å². The number of hydrogen-bond donors (Lipinski definition) is 16. The van der Waals surface area contributed by atoms with E-state index in [0.29, 0.717) is 42.9 Å². The Hall–Kier alpha value is -10.7. The molecule has 2 saturated heterocycles. The number of ether oxygens (including phenoxy) is 1. The Morgan fingerprint density at radius 1 is 0.517 bits per heavy atom. The molecule has 0 aromatic heterocycles. The van der Waals surface area contributed by atoms with Crippen LogP contribution in [0.25, 0.3) is 35.5 Å². The lowest BCUT2D eigenvalue weighted by Gasteiger charge is -2.50. The van der Waals surface area contributed by atoms with E-state index in [-0.39, 0.29) is 89.2 Å². The van der Waals surface area contributed by atoms with E-state index in [1.807, 2.05) is 30.4 Å². The van der Waals surface area contributed by atoms with Crippen molar-refractivity contribution in [2.24, 2.45) is 47.0 Å². The number of likely N-dealkylation sites (N-methyl/N-ethyl adjacent to an activating group) is 4. The maximum Gasteiger partial charge on any atom is 0.271 e. The number of aliphatic hydroxyl groups is 9. The van der Waals surface area contributed by atoms with Crippen molar-refractivity contribution in [2.45, 2.75) is 119 Å². The summed E-state index contributed by atoms with van der Waals surface area (Å²) in [7, 11) is 12.9. The first-order valence-corrected chi connectivity index (χ1v) is 39.8. The maximum absolute atomic E-state index is 14.1. The molecule has 31 heteroatoms. The molecule has 5 fully saturated rings. The summed E-state index contributed by atoms with van der Waals surface area (Å²) in [4.78, 5) is 125. The third-order valence-electron chi connectivity index (χ3n) is 25.5. The fourth-order valence-electron chi connectivity index (χ4n) is 20.0. The SMILES string of the molecule is CN(C)[C@@H]1C(=O)C(C(N)=O)=C(O)[C@@]2(O)C(=O)C3=C(O)c4c(O)ccc(/C=C/C(N5CCCCC5)=[N+]5CCCCC5)c4C[C@H]3C[C@@H]12.CNC/C=C/c1ccc(O)c2c1C[C@H]1C[C@H]3[C@H](N(C)C)C(=O)C(C(C)=O)=C(O)[C@@]3(O)C(=O)C1=C2O.COCCNC/C=C/c1ccc(O)c2c1C[C@H]1C[C@H]3[C@H](N(C)C)C(=O)C(C(N)=O)=C(O)[C@@]3(O)C(=O)C1=C2O. The molecule has 14 rings (SSSR count). The number of fused-ring (bicyclic) bond motifs is 9. The normalized spacial score (nSPS) is 28.2. The molecule has 31 nitrogen and oxygen atoms in total. The molecule has 630 valence electrons. The second-order valence-corrected chi connectivity index (χ2v) is 33.0. The summed E-state index contributed by atoms with van der Waals surface area (Å²) in [6.45, 7) is 7.47. The first-order valence-electron chi connectivity index (χ1n) is 39.8. The minimum absolute atomic E-state index is 0.0448. The van der Waals surface area contributed by atoms with Gasteiger partial charge < -0.3 is 88.1 Å². The van der Waals surface area contributed by atoms with Gasteiger partial charge in [-0.2, -0.15) is 0 Å². The van der Waals surface area contributed by atoms with Gasteiger partial charge in [0.05, 0.1) is 67.6 Å². The predicted molar refractivity (Wildman–Crippen MR) is 434 cm³/mol. The van der Waals surface area contributed by atoms with Crippen molar-refractivity contribution in [3.05, 3.63) is 155 Å². The van der Waals surface area contributed by atoms with E-state index < -0.39 is 174 Å². The van der Waals surface area contributed by atoms with Crippen LogP contribution < -0.4 is 22.1 Å². The van der Waals surface area contributed by atoms with Crippen molar-refractivity contribution < 1.29 is 114 Å². The number of piperidine rings is 2. The molecule has 2 amide bonds. The number of amides is 2. The summed E-state index contributed by atoms with van der Waals surface area (Å²) >= 11 is 0. The highest BCUT2D eigenvalue weighted by Crippen LogP contribution is 2.57. The zero-order valence-corrected chi connectivity index (χ0v) is 67.6. The summed E-state index contributed by atoms with van der Waals surface area (Å²) in [6.07, 6.45) is 19.6. The highest BCUT2D eigenvalue weighted by atomic mass is 16.5. The van der Waals surface area contributed by atoms with Gasteiger partial charge in [-0.25, -0.2) is 0 Å². The third kappa shape index (κ3) is 14.6. The van der Waals surface area contributed by atoms with Crippen LogP contribution in [0.15, 0.2) is 105 Å². The average Bonchev–Trinajstić information content (AvgIpc) is 0.708. The number of benzene rings is 3. The zero-order chi connectivity index (χ0) is 86.0. The van der Waals surface area contributed by atoms with E-state index in [1.54, 1.807) is 74.6 Å². The van der Waals surface area contributed by atoms with Crippen LogP contribution in [-0.2, 0) is 67.2 Å². The molecule has 118 heavy (non-hydrogen) atoms. The third-order valence-corrected chi connectivity index (χ3v) is 25.5. The number of phenols is 3. The number of methoxy groups -OCH3 is 1. The molecule has 2 heterocycles. The van der Waals surface area contributed by atoms with Gasteiger partial charge in [0.15, 0.2) is 39.9 Å². The number of rotatable bonds is 17. The molecule has 3 aromatic carbocycles. The summed E-state index contributed by atoms with van der Waals surface area (Å²) in [5, 5.41) is 140. The smallest absolute Gasteiger partial charge is 0.271 e. The Morgan fingerprint density at radius 2 is 0.864 bits per heavy atom. The van der Waals surface area contributed by atoms with Gasteiger partial charge in [-0.15, -0.1) is 0 Å². The van der Waals surface area contributed by atoms with Gasteiger partial charge in [-0.05, 0) is 209 Å². The Bertz CT molecular complexity index is 5060. The van der Waals surface area contributed by atoms with Crippen LogP contribution in [0.4, 0.5) is 0 Å². The van der Waals surface area contributed by atoms with Crippen LogP contribution in [0, 0.1) is 35.5 Å². The van der Waals surface area contributed by atoms with Crippen LogP contribution in [-0.4, -0.2) is 287 Å². The van der Waals surface area contributed by atoms with Crippen LogP contribution in [0.1, 0.15) is 115 Å². The first kappa shape index (κ1) is 86.6. The quantitative estimate of drug-likeness (QED) is 0.0397. The molecule has 0 bridgehead atoms. The van der Waals surface area contributed by atoms with E-state index in [0.717, 1.165) is 75.5 Å². The molecule has 3 saturated carbocycles. The lowest BCUT2D eigenvalue weighted by molar-refractivity contribution is -0.541. The number of aromatic hydroxyl groups is 3. The highest BCUT2D eigenvalue weighted by molar-refractivity contribution is 6.27. The number of primary amides is 2. The number of aliphatic hydroxyl groups excluding tert-OH is 6. The van der Waals surface area contributed by atoms with Crippen molar-refractivity contribution >= 4 is 93.6 Å². The molecule has 0 unspecified atom stereocenters. The maximum atomic E-state index is 14.1. The summed E-state index contributed by atoms with van der Waals surface area (Å²) in [5.74, 6) is -17.6. The van der Waals surface area contributed by atoms with E-state index in [2.05, 4.69) is 26.2 Å².